The summed E-state index contributed by atoms with van der Waals surface area (Å²) < 4.78 is 5.60. The molecule has 0 N–H and O–H groups in total. The summed E-state index contributed by atoms with van der Waals surface area (Å²) in [6.07, 6.45) is 12.4. The molecule has 0 radical (unpaired) electrons. The van der Waals surface area contributed by atoms with Gasteiger partial charge in [-0.2, -0.15) is 0 Å². The topological polar surface area (TPSA) is 53.1 Å². The van der Waals surface area contributed by atoms with E-state index in [9.17, 15) is 9.59 Å². The molecule has 1 unspecified atom stereocenters. The van der Waals surface area contributed by atoms with Gasteiger partial charge in [-0.1, -0.05) is 19.3 Å². The number of rotatable bonds is 8. The Balaban J connectivity index is 1.30. The predicted molar refractivity (Wildman–Crippen MR) is 117 cm³/mol. The van der Waals surface area contributed by atoms with Gasteiger partial charge >= 0.3 is 0 Å². The minimum Gasteiger partial charge on any atom is -0.381 e. The zero-order valence-electron chi connectivity index (χ0n) is 18.9. The maximum atomic E-state index is 12.8. The summed E-state index contributed by atoms with van der Waals surface area (Å²) in [4.78, 5) is 32.0. The van der Waals surface area contributed by atoms with Crippen LogP contribution in [0.5, 0.6) is 0 Å². The van der Waals surface area contributed by atoms with Crippen LogP contribution < -0.4 is 0 Å². The molecule has 2 aliphatic heterocycles. The number of nitrogens with zero attached hydrogens (tertiary/aromatic N) is 3. The molecule has 2 heterocycles. The number of likely N-dealkylation sites (N-methyl/N-ethyl adjacent to an activating group) is 1. The van der Waals surface area contributed by atoms with Crippen LogP contribution in [0, 0.1) is 11.8 Å². The summed E-state index contributed by atoms with van der Waals surface area (Å²) in [7, 11) is 1.98. The smallest absolute Gasteiger partial charge is 0.225 e. The van der Waals surface area contributed by atoms with Gasteiger partial charge in [-0.15, -0.1) is 0 Å². The molecule has 2 saturated carbocycles. The van der Waals surface area contributed by atoms with Crippen molar-refractivity contribution >= 4 is 11.8 Å². The molecular formula is C24H41N3O3. The second kappa shape index (κ2) is 10.4. The van der Waals surface area contributed by atoms with Gasteiger partial charge in [0, 0.05) is 70.9 Å². The number of hydrogen-bond acceptors (Lipinski definition) is 4. The third kappa shape index (κ3) is 5.76. The molecule has 4 aliphatic rings. The van der Waals surface area contributed by atoms with Gasteiger partial charge in [0.15, 0.2) is 0 Å². The van der Waals surface area contributed by atoms with E-state index in [1.807, 2.05) is 11.9 Å². The quantitative estimate of drug-likeness (QED) is 0.607. The van der Waals surface area contributed by atoms with E-state index >= 15 is 0 Å². The summed E-state index contributed by atoms with van der Waals surface area (Å²) in [6.45, 7) is 5.12. The van der Waals surface area contributed by atoms with Crippen LogP contribution in [0.25, 0.3) is 0 Å². The molecule has 6 nitrogen and oxygen atoms in total. The van der Waals surface area contributed by atoms with Crippen molar-refractivity contribution in [2.45, 2.75) is 82.7 Å². The number of carbonyl (C=O) groups is 2. The summed E-state index contributed by atoms with van der Waals surface area (Å²) in [6, 6.07) is 0.944. The van der Waals surface area contributed by atoms with E-state index in [0.717, 1.165) is 77.9 Å². The number of carbonyl (C=O) groups excluding carboxylic acids is 2. The molecule has 170 valence electrons. The predicted octanol–water partition coefficient (Wildman–Crippen LogP) is 2.91. The summed E-state index contributed by atoms with van der Waals surface area (Å²) >= 11 is 0. The minimum absolute atomic E-state index is 0.309. The summed E-state index contributed by atoms with van der Waals surface area (Å²) in [5, 5.41) is 0. The first-order chi connectivity index (χ1) is 14.6. The highest BCUT2D eigenvalue weighted by Gasteiger charge is 2.39. The molecule has 2 saturated heterocycles. The molecule has 6 heteroatoms. The molecule has 0 aromatic rings. The van der Waals surface area contributed by atoms with Gasteiger partial charge in [-0.05, 0) is 50.9 Å². The lowest BCUT2D eigenvalue weighted by Crippen LogP contribution is -2.50. The number of likely N-dealkylation sites (tertiary alicyclic amines) is 1. The van der Waals surface area contributed by atoms with Crippen molar-refractivity contribution in [2.75, 3.05) is 46.4 Å². The average Bonchev–Trinajstić information content (AvgIpc) is 3.52. The van der Waals surface area contributed by atoms with E-state index in [4.69, 9.17) is 4.74 Å². The Hall–Kier alpha value is -1.14. The molecule has 0 bridgehead atoms. The molecule has 1 atom stereocenters. The van der Waals surface area contributed by atoms with Gasteiger partial charge in [0.25, 0.3) is 0 Å². The zero-order chi connectivity index (χ0) is 20.9. The maximum Gasteiger partial charge on any atom is 0.225 e. The monoisotopic (exact) mass is 419 g/mol. The number of ether oxygens (including phenoxy) is 1. The van der Waals surface area contributed by atoms with Crippen molar-refractivity contribution in [3.05, 3.63) is 0 Å². The lowest BCUT2D eigenvalue weighted by atomic mass is 9.87. The molecule has 4 rings (SSSR count). The van der Waals surface area contributed by atoms with Crippen LogP contribution in [-0.2, 0) is 14.3 Å². The maximum absolute atomic E-state index is 12.8. The minimum atomic E-state index is 0.309. The van der Waals surface area contributed by atoms with Gasteiger partial charge in [0.05, 0.1) is 0 Å². The number of amides is 2. The SMILES string of the molecule is CN(CCN(C1CCOCC1)C1CCN(C(=O)C2CC2)C1)C(=O)CC1CCCCC1. The van der Waals surface area contributed by atoms with E-state index in [0.29, 0.717) is 35.7 Å². The van der Waals surface area contributed by atoms with Gasteiger partial charge in [-0.3, -0.25) is 14.5 Å². The molecule has 0 aromatic heterocycles. The van der Waals surface area contributed by atoms with Gasteiger partial charge in [0.1, 0.15) is 0 Å². The van der Waals surface area contributed by atoms with E-state index < -0.39 is 0 Å². The highest BCUT2D eigenvalue weighted by Crippen LogP contribution is 2.33. The Morgan fingerprint density at radius 1 is 0.900 bits per heavy atom. The van der Waals surface area contributed by atoms with Crippen molar-refractivity contribution in [2.24, 2.45) is 11.8 Å². The molecule has 0 spiro atoms. The number of hydrogen-bond donors (Lipinski definition) is 0. The molecule has 2 aliphatic carbocycles. The second-order valence-electron chi connectivity index (χ2n) is 10.1. The van der Waals surface area contributed by atoms with Crippen molar-refractivity contribution < 1.29 is 14.3 Å². The highest BCUT2D eigenvalue weighted by atomic mass is 16.5. The second-order valence-corrected chi connectivity index (χ2v) is 10.1. The third-order valence-corrected chi connectivity index (χ3v) is 7.84. The molecular weight excluding hydrogens is 378 g/mol. The highest BCUT2D eigenvalue weighted by molar-refractivity contribution is 5.81. The third-order valence-electron chi connectivity index (χ3n) is 7.84. The van der Waals surface area contributed by atoms with Crippen molar-refractivity contribution in [3.63, 3.8) is 0 Å². The summed E-state index contributed by atoms with van der Waals surface area (Å²) in [5.74, 6) is 1.59. The van der Waals surface area contributed by atoms with Crippen molar-refractivity contribution in [1.82, 2.24) is 14.7 Å². The largest absolute Gasteiger partial charge is 0.381 e. The van der Waals surface area contributed by atoms with E-state index in [1.54, 1.807) is 0 Å². The average molecular weight is 420 g/mol. The Morgan fingerprint density at radius 2 is 1.63 bits per heavy atom. The van der Waals surface area contributed by atoms with Gasteiger partial charge < -0.3 is 14.5 Å². The molecule has 4 fully saturated rings. The van der Waals surface area contributed by atoms with Crippen LogP contribution in [0.15, 0.2) is 0 Å². The Kier molecular flexibility index (Phi) is 7.69. The summed E-state index contributed by atoms with van der Waals surface area (Å²) in [5.41, 5.74) is 0. The van der Waals surface area contributed by atoms with E-state index in [2.05, 4.69) is 9.80 Å². The van der Waals surface area contributed by atoms with Gasteiger partial charge in [0.2, 0.25) is 11.8 Å². The normalized spacial score (nSPS) is 26.3. The molecule has 0 aromatic carbocycles. The Labute approximate surface area is 182 Å². The van der Waals surface area contributed by atoms with Crippen LogP contribution in [0.4, 0.5) is 0 Å². The van der Waals surface area contributed by atoms with Crippen molar-refractivity contribution in [3.8, 4) is 0 Å². The van der Waals surface area contributed by atoms with E-state index in [1.165, 1.54) is 32.1 Å². The van der Waals surface area contributed by atoms with Crippen LogP contribution in [0.1, 0.15) is 70.6 Å². The van der Waals surface area contributed by atoms with Gasteiger partial charge in [-0.25, -0.2) is 0 Å². The van der Waals surface area contributed by atoms with Crippen LogP contribution >= 0.6 is 0 Å². The molecule has 30 heavy (non-hydrogen) atoms. The first-order valence-electron chi connectivity index (χ1n) is 12.5. The lowest BCUT2D eigenvalue weighted by Gasteiger charge is -2.39. The first kappa shape index (κ1) is 22.1. The Morgan fingerprint density at radius 3 is 2.33 bits per heavy atom. The standard InChI is InChI=1S/C24H41N3O3/c1-25(23(28)17-19-5-3-2-4-6-19)13-14-27(21-10-15-30-16-11-21)22-9-12-26(18-22)24(29)20-7-8-20/h19-22H,2-18H2,1H3. The molecule has 2 amide bonds. The van der Waals surface area contributed by atoms with E-state index in [-0.39, 0.29) is 0 Å². The lowest BCUT2D eigenvalue weighted by molar-refractivity contribution is -0.131. The fourth-order valence-corrected chi connectivity index (χ4v) is 5.67. The fourth-order valence-electron chi connectivity index (χ4n) is 5.67. The Bertz CT molecular complexity index is 582. The first-order valence-corrected chi connectivity index (χ1v) is 12.5. The fraction of sp³-hybridized carbons (Fsp3) is 0.917. The van der Waals surface area contributed by atoms with Crippen LogP contribution in [-0.4, -0.2) is 85.0 Å². The zero-order valence-corrected chi connectivity index (χ0v) is 18.9. The van der Waals surface area contributed by atoms with Crippen molar-refractivity contribution in [1.29, 1.82) is 0 Å². The van der Waals surface area contributed by atoms with Crippen LogP contribution in [0.2, 0.25) is 0 Å². The van der Waals surface area contributed by atoms with Crippen LogP contribution in [0.3, 0.4) is 0 Å².